The lowest BCUT2D eigenvalue weighted by molar-refractivity contribution is -0.274. The minimum Gasteiger partial charge on any atom is -0.412 e. The standard InChI is InChI=1S/C20H12F3N3O3S/c21-20(22,23)29-15-7-2-6-14(11-15)24-17(27)19-26-25-18(28-19)13-5-1-4-12(10-13)16-8-3-9-30-16/h1-11H,(H,24,27). The molecule has 0 spiro atoms. The number of carbonyl (C=O) groups excluding carboxylic acids is 1. The molecule has 2 aromatic heterocycles. The van der Waals surface area contributed by atoms with Crippen molar-refractivity contribution in [3.8, 4) is 27.6 Å². The van der Waals surface area contributed by atoms with Crippen LogP contribution < -0.4 is 10.1 Å². The Hall–Kier alpha value is -3.66. The smallest absolute Gasteiger partial charge is 0.412 e. The van der Waals surface area contributed by atoms with E-state index in [2.05, 4.69) is 20.3 Å². The van der Waals surface area contributed by atoms with Crippen LogP contribution in [0.4, 0.5) is 18.9 Å². The number of anilines is 1. The average molecular weight is 431 g/mol. The van der Waals surface area contributed by atoms with Crippen molar-refractivity contribution in [3.05, 3.63) is 71.9 Å². The van der Waals surface area contributed by atoms with E-state index in [1.807, 2.05) is 35.7 Å². The van der Waals surface area contributed by atoms with Crippen molar-refractivity contribution in [2.24, 2.45) is 0 Å². The van der Waals surface area contributed by atoms with Gasteiger partial charge >= 0.3 is 18.2 Å². The molecule has 0 atom stereocenters. The van der Waals surface area contributed by atoms with Crippen molar-refractivity contribution in [2.75, 3.05) is 5.32 Å². The summed E-state index contributed by atoms with van der Waals surface area (Å²) < 4.78 is 46.3. The number of amides is 1. The molecular weight excluding hydrogens is 419 g/mol. The number of aromatic nitrogens is 2. The Bertz CT molecular complexity index is 1170. The molecule has 2 aromatic carbocycles. The summed E-state index contributed by atoms with van der Waals surface area (Å²) in [4.78, 5) is 13.4. The van der Waals surface area contributed by atoms with Crippen molar-refractivity contribution in [2.45, 2.75) is 6.36 Å². The number of hydrogen-bond donors (Lipinski definition) is 1. The van der Waals surface area contributed by atoms with E-state index < -0.39 is 18.0 Å². The van der Waals surface area contributed by atoms with E-state index in [9.17, 15) is 18.0 Å². The van der Waals surface area contributed by atoms with Gasteiger partial charge < -0.3 is 14.5 Å². The Balaban J connectivity index is 1.50. The maximum absolute atomic E-state index is 12.3. The summed E-state index contributed by atoms with van der Waals surface area (Å²) in [6.45, 7) is 0. The number of ether oxygens (including phenoxy) is 1. The molecule has 6 nitrogen and oxygen atoms in total. The number of benzene rings is 2. The predicted octanol–water partition coefficient (Wildman–Crippen LogP) is 5.62. The van der Waals surface area contributed by atoms with Crippen LogP contribution in [0.2, 0.25) is 0 Å². The van der Waals surface area contributed by atoms with Crippen molar-refractivity contribution in [1.29, 1.82) is 0 Å². The molecule has 0 aliphatic heterocycles. The van der Waals surface area contributed by atoms with Gasteiger partial charge in [0.1, 0.15) is 5.75 Å². The van der Waals surface area contributed by atoms with E-state index in [1.165, 1.54) is 12.1 Å². The van der Waals surface area contributed by atoms with Crippen molar-refractivity contribution >= 4 is 22.9 Å². The maximum Gasteiger partial charge on any atom is 0.573 e. The lowest BCUT2D eigenvalue weighted by Crippen LogP contribution is -2.17. The second kappa shape index (κ2) is 7.99. The lowest BCUT2D eigenvalue weighted by Gasteiger charge is -2.10. The molecule has 1 amide bonds. The topological polar surface area (TPSA) is 77.2 Å². The Labute approximate surface area is 171 Å². The van der Waals surface area contributed by atoms with Crippen LogP contribution in [0, 0.1) is 0 Å². The van der Waals surface area contributed by atoms with Crippen LogP contribution in [0.15, 0.2) is 70.5 Å². The third-order valence-corrected chi connectivity index (χ3v) is 4.78. The molecule has 0 aliphatic rings. The zero-order valence-electron chi connectivity index (χ0n) is 15.0. The minimum atomic E-state index is -4.83. The van der Waals surface area contributed by atoms with E-state index in [4.69, 9.17) is 4.42 Å². The first-order chi connectivity index (χ1) is 14.4. The fourth-order valence-corrected chi connectivity index (χ4v) is 3.36. The molecule has 0 saturated carbocycles. The van der Waals surface area contributed by atoms with Gasteiger partial charge in [-0.3, -0.25) is 4.79 Å². The molecule has 0 saturated heterocycles. The van der Waals surface area contributed by atoms with E-state index in [0.29, 0.717) is 5.56 Å². The summed E-state index contributed by atoms with van der Waals surface area (Å²) in [7, 11) is 0. The largest absolute Gasteiger partial charge is 0.573 e. The van der Waals surface area contributed by atoms with Gasteiger partial charge in [-0.2, -0.15) is 0 Å². The van der Waals surface area contributed by atoms with Gasteiger partial charge in [-0.1, -0.05) is 24.3 Å². The SMILES string of the molecule is O=C(Nc1cccc(OC(F)(F)F)c1)c1nnc(-c2cccc(-c3cccs3)c2)o1. The van der Waals surface area contributed by atoms with Gasteiger partial charge in [-0.05, 0) is 41.3 Å². The molecule has 152 valence electrons. The van der Waals surface area contributed by atoms with Crippen LogP contribution in [-0.4, -0.2) is 22.5 Å². The number of nitrogens with one attached hydrogen (secondary N) is 1. The van der Waals surface area contributed by atoms with Gasteiger partial charge in [0.2, 0.25) is 5.89 Å². The van der Waals surface area contributed by atoms with E-state index in [1.54, 1.807) is 17.4 Å². The first kappa shape index (κ1) is 19.6. The van der Waals surface area contributed by atoms with Crippen LogP contribution in [-0.2, 0) is 0 Å². The summed E-state index contributed by atoms with van der Waals surface area (Å²) >= 11 is 1.58. The van der Waals surface area contributed by atoms with Crippen molar-refractivity contribution < 1.29 is 27.1 Å². The van der Waals surface area contributed by atoms with Crippen LogP contribution in [0.25, 0.3) is 21.9 Å². The van der Waals surface area contributed by atoms with E-state index >= 15 is 0 Å². The number of halogens is 3. The van der Waals surface area contributed by atoms with Gasteiger partial charge in [-0.25, -0.2) is 0 Å². The lowest BCUT2D eigenvalue weighted by atomic mass is 10.1. The third kappa shape index (κ3) is 4.66. The van der Waals surface area contributed by atoms with Gasteiger partial charge in [0, 0.05) is 22.2 Å². The maximum atomic E-state index is 12.3. The summed E-state index contributed by atoms with van der Waals surface area (Å²) in [5.41, 5.74) is 1.68. The van der Waals surface area contributed by atoms with E-state index in [-0.39, 0.29) is 17.5 Å². The number of carbonyl (C=O) groups is 1. The predicted molar refractivity (Wildman–Crippen MR) is 104 cm³/mol. The summed E-state index contributed by atoms with van der Waals surface area (Å²) in [5, 5.41) is 12.0. The molecule has 0 fully saturated rings. The normalized spacial score (nSPS) is 11.3. The molecule has 2 heterocycles. The number of nitrogens with zero attached hydrogens (tertiary/aromatic N) is 2. The molecule has 4 rings (SSSR count). The Morgan fingerprint density at radius 2 is 1.80 bits per heavy atom. The molecule has 0 aliphatic carbocycles. The highest BCUT2D eigenvalue weighted by Crippen LogP contribution is 2.29. The fraction of sp³-hybridized carbons (Fsp3) is 0.0500. The average Bonchev–Trinajstić information content (AvgIpc) is 3.39. The van der Waals surface area contributed by atoms with Gasteiger partial charge in [0.25, 0.3) is 0 Å². The zero-order chi connectivity index (χ0) is 21.1. The Kier molecular flexibility index (Phi) is 5.23. The summed E-state index contributed by atoms with van der Waals surface area (Å²) in [5.74, 6) is -1.40. The monoisotopic (exact) mass is 431 g/mol. The highest BCUT2D eigenvalue weighted by molar-refractivity contribution is 7.13. The number of alkyl halides is 3. The quantitative estimate of drug-likeness (QED) is 0.444. The molecule has 0 radical (unpaired) electrons. The first-order valence-electron chi connectivity index (χ1n) is 8.52. The Morgan fingerprint density at radius 1 is 1.00 bits per heavy atom. The molecule has 10 heteroatoms. The second-order valence-corrected chi connectivity index (χ2v) is 6.95. The van der Waals surface area contributed by atoms with Gasteiger partial charge in [-0.15, -0.1) is 34.7 Å². The van der Waals surface area contributed by atoms with Crippen LogP contribution in [0.1, 0.15) is 10.7 Å². The van der Waals surface area contributed by atoms with Crippen molar-refractivity contribution in [3.63, 3.8) is 0 Å². The highest BCUT2D eigenvalue weighted by Gasteiger charge is 2.31. The van der Waals surface area contributed by atoms with E-state index in [0.717, 1.165) is 22.6 Å². The molecule has 30 heavy (non-hydrogen) atoms. The minimum absolute atomic E-state index is 0.0844. The van der Waals surface area contributed by atoms with Crippen molar-refractivity contribution in [1.82, 2.24) is 10.2 Å². The number of hydrogen-bond acceptors (Lipinski definition) is 6. The molecule has 0 unspecified atom stereocenters. The number of rotatable bonds is 5. The molecular formula is C20H12F3N3O3S. The summed E-state index contributed by atoms with van der Waals surface area (Å²) in [6.07, 6.45) is -4.83. The van der Waals surface area contributed by atoms with Crippen LogP contribution in [0.3, 0.4) is 0 Å². The fourth-order valence-electron chi connectivity index (χ4n) is 2.64. The highest BCUT2D eigenvalue weighted by atomic mass is 32.1. The summed E-state index contributed by atoms with van der Waals surface area (Å²) in [6, 6.07) is 16.2. The Morgan fingerprint density at radius 3 is 2.57 bits per heavy atom. The van der Waals surface area contributed by atoms with Crippen LogP contribution in [0.5, 0.6) is 5.75 Å². The molecule has 4 aromatic rings. The molecule has 0 bridgehead atoms. The first-order valence-corrected chi connectivity index (χ1v) is 9.40. The zero-order valence-corrected chi connectivity index (χ0v) is 15.8. The second-order valence-electron chi connectivity index (χ2n) is 6.00. The van der Waals surface area contributed by atoms with Gasteiger partial charge in [0.15, 0.2) is 0 Å². The molecule has 1 N–H and O–H groups in total. The third-order valence-electron chi connectivity index (χ3n) is 3.86. The number of thiophene rings is 1. The van der Waals surface area contributed by atoms with Gasteiger partial charge in [0.05, 0.1) is 0 Å². The van der Waals surface area contributed by atoms with Crippen LogP contribution >= 0.6 is 11.3 Å².